The van der Waals surface area contributed by atoms with Gasteiger partial charge in [-0.15, -0.1) is 0 Å². The number of ether oxygens (including phenoxy) is 1. The molecule has 5 nitrogen and oxygen atoms in total. The Morgan fingerprint density at radius 1 is 1.17 bits per heavy atom. The van der Waals surface area contributed by atoms with Crippen LogP contribution in [0.4, 0.5) is 0 Å². The molecule has 160 valence electrons. The van der Waals surface area contributed by atoms with Gasteiger partial charge in [0, 0.05) is 29.8 Å². The summed E-state index contributed by atoms with van der Waals surface area (Å²) in [5.74, 6) is 0.936. The van der Waals surface area contributed by atoms with Gasteiger partial charge in [0.1, 0.15) is 5.65 Å². The molecule has 1 aliphatic rings. The van der Waals surface area contributed by atoms with E-state index in [2.05, 4.69) is 22.1 Å². The summed E-state index contributed by atoms with van der Waals surface area (Å²) < 4.78 is 30.3. The second-order valence-corrected chi connectivity index (χ2v) is 10.3. The van der Waals surface area contributed by atoms with Crippen LogP contribution in [0.15, 0.2) is 53.6 Å². The van der Waals surface area contributed by atoms with Crippen LogP contribution >= 0.6 is 0 Å². The Hall–Kier alpha value is -2.18. The van der Waals surface area contributed by atoms with Crippen LogP contribution in [0.2, 0.25) is 0 Å². The van der Waals surface area contributed by atoms with Gasteiger partial charge in [0.15, 0.2) is 9.84 Å². The third kappa shape index (κ3) is 4.76. The molecular formula is C24H30N2O3S. The van der Waals surface area contributed by atoms with Crippen LogP contribution in [0.1, 0.15) is 56.2 Å². The van der Waals surface area contributed by atoms with Crippen molar-refractivity contribution in [1.82, 2.24) is 9.97 Å². The maximum Gasteiger partial charge on any atom is 0.180 e. The van der Waals surface area contributed by atoms with Gasteiger partial charge in [-0.3, -0.25) is 0 Å². The van der Waals surface area contributed by atoms with Crippen LogP contribution in [-0.4, -0.2) is 37.4 Å². The number of hydrogen-bond donors (Lipinski definition) is 1. The molecule has 1 saturated carbocycles. The normalized spacial score (nSPS) is 16.3. The highest BCUT2D eigenvalue weighted by atomic mass is 32.2. The van der Waals surface area contributed by atoms with Gasteiger partial charge in [-0.1, -0.05) is 37.8 Å². The van der Waals surface area contributed by atoms with Crippen molar-refractivity contribution in [3.05, 3.63) is 59.9 Å². The molecule has 3 aromatic rings. The van der Waals surface area contributed by atoms with E-state index in [9.17, 15) is 8.42 Å². The predicted octanol–water partition coefficient (Wildman–Crippen LogP) is 5.09. The van der Waals surface area contributed by atoms with Gasteiger partial charge in [0.2, 0.25) is 0 Å². The Labute approximate surface area is 178 Å². The van der Waals surface area contributed by atoms with Crippen molar-refractivity contribution in [3.63, 3.8) is 0 Å². The van der Waals surface area contributed by atoms with E-state index in [0.717, 1.165) is 28.7 Å². The molecule has 1 aliphatic carbocycles. The number of H-pyrrole nitrogens is 1. The lowest BCUT2D eigenvalue weighted by Crippen LogP contribution is -2.13. The molecule has 0 bridgehead atoms. The summed E-state index contributed by atoms with van der Waals surface area (Å²) in [5, 5.41) is 1.11. The molecule has 6 heteroatoms. The average molecular weight is 427 g/mol. The maximum absolute atomic E-state index is 12.6. The molecule has 0 radical (unpaired) electrons. The first-order valence-corrected chi connectivity index (χ1v) is 12.6. The van der Waals surface area contributed by atoms with Crippen molar-refractivity contribution >= 4 is 20.9 Å². The lowest BCUT2D eigenvalue weighted by molar-refractivity contribution is 0.163. The fourth-order valence-electron chi connectivity index (χ4n) is 4.53. The van der Waals surface area contributed by atoms with Gasteiger partial charge in [0.25, 0.3) is 0 Å². The van der Waals surface area contributed by atoms with Crippen LogP contribution in [0.25, 0.3) is 11.0 Å². The van der Waals surface area contributed by atoms with Gasteiger partial charge in [-0.2, -0.15) is 0 Å². The number of aromatic nitrogens is 2. The second kappa shape index (κ2) is 9.31. The molecule has 1 N–H and O–H groups in total. The predicted molar refractivity (Wildman–Crippen MR) is 119 cm³/mol. The first-order chi connectivity index (χ1) is 14.6. The molecule has 2 heterocycles. The lowest BCUT2D eigenvalue weighted by atomic mass is 9.86. The minimum atomic E-state index is -3.33. The zero-order valence-electron chi connectivity index (χ0n) is 17.5. The maximum atomic E-state index is 12.6. The standard InChI is InChI=1S/C24H30N2O3S/c1-2-29-14-15-30(27,28)21-11-9-19(10-12-21)22(16-18-6-3-4-7-18)23-17-20-8-5-13-25-24(20)26-23/h5,8-13,17-18,22H,2-4,6-7,14-16H2,1H3,(H,25,26). The zero-order valence-corrected chi connectivity index (χ0v) is 18.3. The molecule has 0 aliphatic heterocycles. The highest BCUT2D eigenvalue weighted by molar-refractivity contribution is 7.91. The van der Waals surface area contributed by atoms with E-state index in [-0.39, 0.29) is 18.3 Å². The van der Waals surface area contributed by atoms with Crippen LogP contribution in [0.3, 0.4) is 0 Å². The SMILES string of the molecule is CCOCCS(=O)(=O)c1ccc(C(CC2CCCC2)c2cc3cccnc3[nH]2)cc1. The van der Waals surface area contributed by atoms with E-state index in [0.29, 0.717) is 17.4 Å². The van der Waals surface area contributed by atoms with Crippen molar-refractivity contribution in [3.8, 4) is 0 Å². The van der Waals surface area contributed by atoms with Crippen LogP contribution in [-0.2, 0) is 14.6 Å². The van der Waals surface area contributed by atoms with Gasteiger partial charge in [0.05, 0.1) is 17.3 Å². The van der Waals surface area contributed by atoms with Crippen LogP contribution in [0.5, 0.6) is 0 Å². The Kier molecular flexibility index (Phi) is 6.54. The highest BCUT2D eigenvalue weighted by Crippen LogP contribution is 2.38. The van der Waals surface area contributed by atoms with Crippen molar-refractivity contribution < 1.29 is 13.2 Å². The van der Waals surface area contributed by atoms with E-state index in [1.807, 2.05) is 25.1 Å². The third-order valence-electron chi connectivity index (χ3n) is 6.17. The summed E-state index contributed by atoms with van der Waals surface area (Å²) in [7, 11) is -3.33. The molecule has 1 unspecified atom stereocenters. The van der Waals surface area contributed by atoms with Crippen molar-refractivity contribution in [1.29, 1.82) is 0 Å². The summed E-state index contributed by atoms with van der Waals surface area (Å²) >= 11 is 0. The summed E-state index contributed by atoms with van der Waals surface area (Å²) in [4.78, 5) is 8.31. The molecule has 2 aromatic heterocycles. The van der Waals surface area contributed by atoms with E-state index >= 15 is 0 Å². The molecule has 30 heavy (non-hydrogen) atoms. The topological polar surface area (TPSA) is 72.1 Å². The van der Waals surface area contributed by atoms with Gasteiger partial charge in [-0.25, -0.2) is 13.4 Å². The van der Waals surface area contributed by atoms with E-state index < -0.39 is 9.84 Å². The van der Waals surface area contributed by atoms with Gasteiger partial charge in [-0.05, 0) is 55.2 Å². The number of pyridine rings is 1. The molecule has 0 saturated heterocycles. The first-order valence-electron chi connectivity index (χ1n) is 10.9. The highest BCUT2D eigenvalue weighted by Gasteiger charge is 2.25. The molecule has 0 amide bonds. The number of nitrogens with one attached hydrogen (secondary N) is 1. The summed E-state index contributed by atoms with van der Waals surface area (Å²) in [6.45, 7) is 2.62. The number of sulfone groups is 1. The number of hydrogen-bond acceptors (Lipinski definition) is 4. The van der Waals surface area contributed by atoms with Crippen molar-refractivity contribution in [2.45, 2.75) is 49.8 Å². The molecule has 1 fully saturated rings. The number of fused-ring (bicyclic) bond motifs is 1. The lowest BCUT2D eigenvalue weighted by Gasteiger charge is -2.20. The quantitative estimate of drug-likeness (QED) is 0.484. The largest absolute Gasteiger partial charge is 0.381 e. The number of nitrogens with zero attached hydrogens (tertiary/aromatic N) is 1. The first kappa shape index (κ1) is 21.1. The van der Waals surface area contributed by atoms with E-state index in [4.69, 9.17) is 4.74 Å². The van der Waals surface area contributed by atoms with E-state index in [1.54, 1.807) is 18.3 Å². The summed E-state index contributed by atoms with van der Waals surface area (Å²) in [6, 6.07) is 13.7. The fraction of sp³-hybridized carbons (Fsp3) is 0.458. The molecule has 0 spiro atoms. The summed E-state index contributed by atoms with van der Waals surface area (Å²) in [5.41, 5.74) is 3.21. The second-order valence-electron chi connectivity index (χ2n) is 8.19. The summed E-state index contributed by atoms with van der Waals surface area (Å²) in [6.07, 6.45) is 8.04. The molecule has 1 aromatic carbocycles. The molecular weight excluding hydrogens is 396 g/mol. The van der Waals surface area contributed by atoms with Crippen LogP contribution < -0.4 is 0 Å². The molecule has 1 atom stereocenters. The fourth-order valence-corrected chi connectivity index (χ4v) is 5.65. The Bertz CT molecular complexity index is 1030. The van der Waals surface area contributed by atoms with Gasteiger partial charge >= 0.3 is 0 Å². The monoisotopic (exact) mass is 426 g/mol. The third-order valence-corrected chi connectivity index (χ3v) is 7.87. The minimum Gasteiger partial charge on any atom is -0.381 e. The smallest absolute Gasteiger partial charge is 0.180 e. The minimum absolute atomic E-state index is 0.0133. The number of aromatic amines is 1. The van der Waals surface area contributed by atoms with Crippen molar-refractivity contribution in [2.24, 2.45) is 5.92 Å². The Balaban J connectivity index is 1.61. The molecule has 4 rings (SSSR count). The van der Waals surface area contributed by atoms with E-state index in [1.165, 1.54) is 25.7 Å². The Morgan fingerprint density at radius 2 is 1.93 bits per heavy atom. The average Bonchev–Trinajstić information content (AvgIpc) is 3.41. The van der Waals surface area contributed by atoms with Crippen LogP contribution in [0, 0.1) is 5.92 Å². The van der Waals surface area contributed by atoms with Crippen molar-refractivity contribution in [2.75, 3.05) is 19.0 Å². The zero-order chi connectivity index (χ0) is 21.0. The number of rotatable bonds is 9. The number of benzene rings is 1. The Morgan fingerprint density at radius 3 is 2.63 bits per heavy atom. The van der Waals surface area contributed by atoms with Gasteiger partial charge < -0.3 is 9.72 Å².